The first-order valence-corrected chi connectivity index (χ1v) is 24.0. The molecule has 9 heterocycles. The highest BCUT2D eigenvalue weighted by molar-refractivity contribution is 5.86. The Hall–Kier alpha value is -6.39. The number of pyridine rings is 3. The number of aromatic nitrogens is 6. The standard InChI is InChI=1S/3C19H21N3/c1-21-12-10-18-17(14-21)16-8-5-11-20-19(16)22(18)13-9-15-6-3-2-4-7-15;1-21-11-9-19-17(14-21)16-13-20-10-7-18(16)22(19)12-8-15-5-3-2-4-6-15;1-21-11-9-18-17(14-21)16-7-10-20-13-19(16)22(18)12-8-15-5-3-2-4-6-15/h2-8,11H,9-10,12-14H2,1H3;2*2-7,10,13H,8-9,11-12,14H2,1H3. The van der Waals surface area contributed by atoms with Crippen LogP contribution in [0, 0.1) is 0 Å². The molecule has 66 heavy (non-hydrogen) atoms. The lowest BCUT2D eigenvalue weighted by Gasteiger charge is -2.24. The average molecular weight is 874 g/mol. The van der Waals surface area contributed by atoms with Crippen LogP contribution in [0.1, 0.15) is 50.5 Å². The third kappa shape index (κ3) is 9.34. The predicted octanol–water partition coefficient (Wildman–Crippen LogP) is 9.80. The molecule has 0 N–H and O–H groups in total. The summed E-state index contributed by atoms with van der Waals surface area (Å²) in [4.78, 5) is 20.6. The van der Waals surface area contributed by atoms with Gasteiger partial charge in [0.05, 0.1) is 17.2 Å². The lowest BCUT2D eigenvalue weighted by atomic mass is 10.1. The summed E-state index contributed by atoms with van der Waals surface area (Å²) in [6.45, 7) is 9.63. The van der Waals surface area contributed by atoms with Crippen LogP contribution in [0.3, 0.4) is 0 Å². The van der Waals surface area contributed by atoms with Crippen molar-refractivity contribution in [2.75, 3.05) is 40.8 Å². The molecule has 9 heteroatoms. The molecule has 0 bridgehead atoms. The number of fused-ring (bicyclic) bond motifs is 9. The number of hydrogen-bond acceptors (Lipinski definition) is 6. The summed E-state index contributed by atoms with van der Waals surface area (Å²) in [6, 6.07) is 40.8. The topological polar surface area (TPSA) is 63.2 Å². The van der Waals surface area contributed by atoms with Gasteiger partial charge in [0.2, 0.25) is 0 Å². The lowest BCUT2D eigenvalue weighted by Crippen LogP contribution is -2.27. The van der Waals surface area contributed by atoms with Crippen molar-refractivity contribution in [3.8, 4) is 0 Å². The minimum absolute atomic E-state index is 1.01. The second kappa shape index (κ2) is 20.0. The Balaban J connectivity index is 0.000000116. The van der Waals surface area contributed by atoms with Gasteiger partial charge in [-0.1, -0.05) is 91.0 Å². The van der Waals surface area contributed by atoms with Crippen LogP contribution < -0.4 is 0 Å². The lowest BCUT2D eigenvalue weighted by molar-refractivity contribution is 0.309. The fraction of sp³-hybridized carbons (Fsp3) is 0.316. The van der Waals surface area contributed by atoms with Crippen molar-refractivity contribution in [3.63, 3.8) is 0 Å². The number of benzene rings is 3. The van der Waals surface area contributed by atoms with Crippen LogP contribution in [-0.4, -0.2) is 84.1 Å². The molecule has 9 nitrogen and oxygen atoms in total. The van der Waals surface area contributed by atoms with Crippen molar-refractivity contribution in [1.29, 1.82) is 0 Å². The highest BCUT2D eigenvalue weighted by atomic mass is 15.1. The van der Waals surface area contributed by atoms with Gasteiger partial charge in [-0.2, -0.15) is 0 Å². The van der Waals surface area contributed by atoms with Crippen molar-refractivity contribution >= 4 is 32.8 Å². The molecule has 0 unspecified atom stereocenters. The van der Waals surface area contributed by atoms with E-state index in [1.54, 1.807) is 0 Å². The molecule has 0 radical (unpaired) electrons. The van der Waals surface area contributed by atoms with Gasteiger partial charge in [0.25, 0.3) is 0 Å². The van der Waals surface area contributed by atoms with Crippen LogP contribution in [0.25, 0.3) is 32.8 Å². The average Bonchev–Trinajstić information content (AvgIpc) is 3.97. The Morgan fingerprint density at radius 3 is 1.42 bits per heavy atom. The minimum Gasteiger partial charge on any atom is -0.344 e. The number of likely N-dealkylation sites (N-methyl/N-ethyl adjacent to an activating group) is 3. The molecule has 12 rings (SSSR count). The summed E-state index contributed by atoms with van der Waals surface area (Å²) in [5, 5.41) is 4.04. The zero-order valence-electron chi connectivity index (χ0n) is 39.0. The van der Waals surface area contributed by atoms with Gasteiger partial charge in [0.1, 0.15) is 5.65 Å². The van der Waals surface area contributed by atoms with Gasteiger partial charge in [-0.05, 0) is 98.1 Å². The van der Waals surface area contributed by atoms with Crippen LogP contribution in [0.5, 0.6) is 0 Å². The SMILES string of the molecule is CN1CCc2c(c3cccnc3n2CCc2ccccc2)C1.CN1CCc2c(c3ccncc3n2CCc2ccccc2)C1.CN1CCc2c(c3cnccc3n2CCc2ccccc2)C1. The Morgan fingerprint density at radius 1 is 0.409 bits per heavy atom. The van der Waals surface area contributed by atoms with Crippen molar-refractivity contribution in [2.45, 2.75) is 77.8 Å². The normalized spacial score (nSPS) is 15.1. The highest BCUT2D eigenvalue weighted by Gasteiger charge is 2.25. The van der Waals surface area contributed by atoms with E-state index >= 15 is 0 Å². The molecular formula is C57H63N9. The van der Waals surface area contributed by atoms with E-state index in [0.717, 1.165) is 103 Å². The molecule has 0 atom stereocenters. The Kier molecular flexibility index (Phi) is 13.2. The molecule has 0 spiro atoms. The summed E-state index contributed by atoms with van der Waals surface area (Å²) in [5.41, 5.74) is 16.9. The van der Waals surface area contributed by atoms with Crippen molar-refractivity contribution in [2.24, 2.45) is 0 Å². The Labute approximate surface area is 390 Å². The first kappa shape index (κ1) is 43.5. The van der Waals surface area contributed by atoms with Crippen LogP contribution >= 0.6 is 0 Å². The van der Waals surface area contributed by atoms with Crippen molar-refractivity contribution < 1.29 is 0 Å². The third-order valence-corrected chi connectivity index (χ3v) is 14.1. The van der Waals surface area contributed by atoms with Gasteiger partial charge in [-0.3, -0.25) is 9.97 Å². The van der Waals surface area contributed by atoms with E-state index in [0.29, 0.717) is 0 Å². The van der Waals surface area contributed by atoms with Crippen molar-refractivity contribution in [1.82, 2.24) is 43.4 Å². The Morgan fingerprint density at radius 2 is 0.864 bits per heavy atom. The first-order valence-electron chi connectivity index (χ1n) is 24.0. The second-order valence-corrected chi connectivity index (χ2v) is 18.6. The molecule has 0 saturated carbocycles. The van der Waals surface area contributed by atoms with Crippen LogP contribution in [0.2, 0.25) is 0 Å². The van der Waals surface area contributed by atoms with Crippen LogP contribution in [0.15, 0.2) is 146 Å². The third-order valence-electron chi connectivity index (χ3n) is 14.1. The van der Waals surface area contributed by atoms with Crippen LogP contribution in [0.4, 0.5) is 0 Å². The monoisotopic (exact) mass is 874 g/mol. The zero-order chi connectivity index (χ0) is 44.8. The Bertz CT molecular complexity index is 2690. The summed E-state index contributed by atoms with van der Waals surface area (Å²) < 4.78 is 7.47. The van der Waals surface area contributed by atoms with E-state index in [1.165, 1.54) is 77.7 Å². The van der Waals surface area contributed by atoms with Crippen LogP contribution in [-0.2, 0) is 77.8 Å². The maximum absolute atomic E-state index is 4.67. The summed E-state index contributed by atoms with van der Waals surface area (Å²) >= 11 is 0. The maximum atomic E-state index is 4.67. The summed E-state index contributed by atoms with van der Waals surface area (Å²) in [6.07, 6.45) is 16.4. The molecular weight excluding hydrogens is 811 g/mol. The number of hydrogen-bond donors (Lipinski definition) is 0. The van der Waals surface area contributed by atoms with Gasteiger partial charge in [-0.15, -0.1) is 0 Å². The number of nitrogens with zero attached hydrogens (tertiary/aromatic N) is 9. The molecule has 9 aromatic rings. The van der Waals surface area contributed by atoms with E-state index in [2.05, 4.69) is 180 Å². The van der Waals surface area contributed by atoms with Gasteiger partial charge in [0.15, 0.2) is 0 Å². The fourth-order valence-corrected chi connectivity index (χ4v) is 10.7. The highest BCUT2D eigenvalue weighted by Crippen LogP contribution is 2.33. The van der Waals surface area contributed by atoms with E-state index in [4.69, 9.17) is 0 Å². The van der Waals surface area contributed by atoms with E-state index in [9.17, 15) is 0 Å². The minimum atomic E-state index is 1.01. The van der Waals surface area contributed by atoms with Gasteiger partial charge < -0.3 is 28.4 Å². The predicted molar refractivity (Wildman–Crippen MR) is 270 cm³/mol. The maximum Gasteiger partial charge on any atom is 0.140 e. The number of aryl methyl sites for hydroxylation is 6. The smallest absolute Gasteiger partial charge is 0.140 e. The molecule has 0 aliphatic carbocycles. The second-order valence-electron chi connectivity index (χ2n) is 18.6. The van der Waals surface area contributed by atoms with E-state index in [-0.39, 0.29) is 0 Å². The molecule has 0 saturated heterocycles. The van der Waals surface area contributed by atoms with E-state index < -0.39 is 0 Å². The quantitative estimate of drug-likeness (QED) is 0.144. The van der Waals surface area contributed by atoms with E-state index in [1.807, 2.05) is 31.0 Å². The van der Waals surface area contributed by atoms with Gasteiger partial charge >= 0.3 is 0 Å². The van der Waals surface area contributed by atoms with Gasteiger partial charge in [-0.25, -0.2) is 4.98 Å². The molecule has 0 fully saturated rings. The molecule has 3 aliphatic heterocycles. The number of rotatable bonds is 9. The first-order chi connectivity index (χ1) is 32.5. The summed E-state index contributed by atoms with van der Waals surface area (Å²) in [7, 11) is 6.61. The van der Waals surface area contributed by atoms with Gasteiger partial charge in [0, 0.05) is 136 Å². The fourth-order valence-electron chi connectivity index (χ4n) is 10.7. The molecule has 3 aliphatic rings. The molecule has 336 valence electrons. The largest absolute Gasteiger partial charge is 0.344 e. The summed E-state index contributed by atoms with van der Waals surface area (Å²) in [5.74, 6) is 0. The molecule has 3 aromatic carbocycles. The van der Waals surface area contributed by atoms with Crippen molar-refractivity contribution in [3.05, 3.63) is 197 Å². The molecule has 0 amide bonds. The molecule has 6 aromatic heterocycles. The zero-order valence-corrected chi connectivity index (χ0v) is 39.0.